The van der Waals surface area contributed by atoms with Crippen LogP contribution in [0, 0.1) is 31.1 Å². The standard InChI is InChI=1S/C14H12N3.2C12H8N3O.C12H8N3S.C11H7N4S.5Ir/c1-16-10-14(15-11-16)17-9-5-8-13(17)12-6-3-2-4-7-12;1-2-11(10-3-5-13-6-4-10)15(7-1)12-8-16-9-14-12;1-2-4-10(5-3-1)11-8-14-12(16-11)15-7-6-13-9-15;1-2-4-10(5-3-1)11-13-6-8-15(11)12-14-7-9-16-12;1-2-9(6-12-3-1)10-7-13-8-15(10)11-14-4-5-16-11;;;;;/h2-8,10-11H,1H3;2*1-6,8-9H;1-7,9H;1-7H;;;;;/q5*-1;;;;;. The van der Waals surface area contributed by atoms with Gasteiger partial charge in [0.1, 0.15) is 10.9 Å². The smallest absolute Gasteiger partial charge is 0.191 e. The van der Waals surface area contributed by atoms with E-state index in [-0.39, 0.29) is 101 Å². The van der Waals surface area contributed by atoms with E-state index in [1.165, 1.54) is 12.0 Å². The van der Waals surface area contributed by atoms with E-state index in [0.717, 1.165) is 72.8 Å². The van der Waals surface area contributed by atoms with Crippen LogP contribution in [0.25, 0.3) is 84.4 Å². The Morgan fingerprint density at radius 1 is 0.453 bits per heavy atom. The van der Waals surface area contributed by atoms with Gasteiger partial charge in [-0.15, -0.1) is 12.1 Å². The second kappa shape index (κ2) is 34.4. The Hall–Kier alpha value is -7.71. The number of aromatic nitrogens is 16. The van der Waals surface area contributed by atoms with E-state index in [0.29, 0.717) is 6.01 Å². The number of rotatable bonds is 10. The maximum Gasteiger partial charge on any atom is 0.191 e. The minimum absolute atomic E-state index is 0. The topological polar surface area (TPSA) is 185 Å². The number of hydrogen-bond donors (Lipinski definition) is 0. The Morgan fingerprint density at radius 2 is 1.08 bits per heavy atom. The first-order valence-electron chi connectivity index (χ1n) is 24.7. The van der Waals surface area contributed by atoms with Gasteiger partial charge in [0.25, 0.3) is 0 Å². The van der Waals surface area contributed by atoms with Crippen LogP contribution in [-0.4, -0.2) is 77.2 Å². The molecule has 0 aliphatic carbocycles. The molecule has 12 heterocycles. The monoisotopic (exact) mass is 2060 g/mol. The summed E-state index contributed by atoms with van der Waals surface area (Å²) in [5.41, 5.74) is 8.37. The molecule has 0 aliphatic heterocycles. The predicted octanol–water partition coefficient (Wildman–Crippen LogP) is 12.3. The molecule has 5 radical (unpaired) electrons. The molecule has 0 bridgehead atoms. The van der Waals surface area contributed by atoms with Crippen LogP contribution in [0.15, 0.2) is 253 Å². The van der Waals surface area contributed by atoms with Gasteiger partial charge < -0.3 is 51.2 Å². The van der Waals surface area contributed by atoms with Crippen molar-refractivity contribution in [3.05, 3.63) is 275 Å². The molecular weight excluding hydrogens is 2010 g/mol. The van der Waals surface area contributed by atoms with Gasteiger partial charge in [0.05, 0.1) is 35.6 Å². The van der Waals surface area contributed by atoms with Crippen molar-refractivity contribution in [2.45, 2.75) is 0 Å². The summed E-state index contributed by atoms with van der Waals surface area (Å²) in [5.74, 6) is 3.21. The molecule has 441 valence electrons. The fourth-order valence-electron chi connectivity index (χ4n) is 7.89. The van der Waals surface area contributed by atoms with Crippen molar-refractivity contribution in [1.82, 2.24) is 77.2 Å². The summed E-state index contributed by atoms with van der Waals surface area (Å²) in [6.45, 7) is 0. The van der Waals surface area contributed by atoms with Crippen molar-refractivity contribution in [3.8, 4) is 84.4 Å². The van der Waals surface area contributed by atoms with Gasteiger partial charge in [-0.05, 0) is 59.1 Å². The summed E-state index contributed by atoms with van der Waals surface area (Å²) in [5, 5.41) is 5.61. The molecule has 3 aromatic carbocycles. The van der Waals surface area contributed by atoms with E-state index in [1.54, 1.807) is 108 Å². The maximum atomic E-state index is 5.59. The van der Waals surface area contributed by atoms with Gasteiger partial charge in [0.15, 0.2) is 12.4 Å². The van der Waals surface area contributed by atoms with Crippen LogP contribution in [-0.2, 0) is 108 Å². The minimum atomic E-state index is 0. The molecule has 15 rings (SSSR count). The predicted molar refractivity (Wildman–Crippen MR) is 307 cm³/mol. The van der Waals surface area contributed by atoms with Crippen molar-refractivity contribution >= 4 is 22.7 Å². The Bertz CT molecular complexity index is 3940. The van der Waals surface area contributed by atoms with Gasteiger partial charge in [-0.2, -0.15) is 34.8 Å². The van der Waals surface area contributed by atoms with Gasteiger partial charge in [0, 0.05) is 174 Å². The van der Waals surface area contributed by atoms with Crippen LogP contribution in [0.3, 0.4) is 0 Å². The van der Waals surface area contributed by atoms with Crippen molar-refractivity contribution in [1.29, 1.82) is 0 Å². The van der Waals surface area contributed by atoms with Gasteiger partial charge in [-0.3, -0.25) is 29.9 Å². The molecule has 25 heteroatoms. The van der Waals surface area contributed by atoms with E-state index in [9.17, 15) is 0 Å². The summed E-state index contributed by atoms with van der Waals surface area (Å²) >= 11 is 3.12. The molecule has 0 saturated carbocycles. The third-order valence-electron chi connectivity index (χ3n) is 11.6. The summed E-state index contributed by atoms with van der Waals surface area (Å²) in [7, 11) is 1.96. The van der Waals surface area contributed by atoms with Crippen molar-refractivity contribution in [2.24, 2.45) is 7.05 Å². The van der Waals surface area contributed by atoms with Crippen molar-refractivity contribution in [3.63, 3.8) is 0 Å². The van der Waals surface area contributed by atoms with Gasteiger partial charge >= 0.3 is 0 Å². The summed E-state index contributed by atoms with van der Waals surface area (Å²) in [6.07, 6.45) is 40.7. The maximum absolute atomic E-state index is 5.59. The Labute approximate surface area is 570 Å². The van der Waals surface area contributed by atoms with Gasteiger partial charge in [-0.25, -0.2) is 4.98 Å². The number of pyridine rings is 2. The molecule has 0 atom stereocenters. The fraction of sp³-hybridized carbons (Fsp3) is 0.0164. The van der Waals surface area contributed by atoms with Crippen LogP contribution >= 0.6 is 22.7 Å². The second-order valence-electron chi connectivity index (χ2n) is 16.8. The van der Waals surface area contributed by atoms with E-state index in [1.807, 2.05) is 174 Å². The largest absolute Gasteiger partial charge is 0.482 e. The summed E-state index contributed by atoms with van der Waals surface area (Å²) in [6, 6.07) is 46.2. The molecule has 12 aromatic heterocycles. The van der Waals surface area contributed by atoms with E-state index in [2.05, 4.69) is 93.1 Å². The average molecular weight is 2060 g/mol. The van der Waals surface area contributed by atoms with Crippen LogP contribution in [0.4, 0.5) is 0 Å². The van der Waals surface area contributed by atoms with E-state index < -0.39 is 0 Å². The molecule has 0 fully saturated rings. The number of thiazole rings is 2. The third kappa shape index (κ3) is 17.3. The summed E-state index contributed by atoms with van der Waals surface area (Å²) < 4.78 is 21.6. The molecule has 0 aliphatic rings. The SMILES string of the molecule is Cn1cnc(-n2[c-]ccc2-c2ccccc2)c1.[Ir].[Ir].[Ir].[Ir].[Ir].[c-]1ccc(-c2ccncc2)n1-c1cocn1.[c-]1cnc(-c2ccccc2)n1-c1nccs1.[c-]1cncn1-c1ncc(-c2ccccc2)o1.[c-]1ncc(-c2cccnc2)n1-c1nccs1. The van der Waals surface area contributed by atoms with Gasteiger partial charge in [0.2, 0.25) is 0 Å². The Balaban J connectivity index is 0.000000170. The zero-order valence-electron chi connectivity index (χ0n) is 44.5. The number of hydrogen-bond acceptors (Lipinski definition) is 14. The molecule has 86 heavy (non-hydrogen) atoms. The zero-order valence-corrected chi connectivity index (χ0v) is 58.2. The molecule has 15 aromatic rings. The number of aryl methyl sites for hydroxylation is 1. The van der Waals surface area contributed by atoms with E-state index in [4.69, 9.17) is 8.83 Å². The first kappa shape index (κ1) is 67.4. The van der Waals surface area contributed by atoms with Crippen LogP contribution in [0.5, 0.6) is 0 Å². The average Bonchev–Trinajstić information content (AvgIpc) is 2.83. The molecule has 18 nitrogen and oxygen atoms in total. The minimum Gasteiger partial charge on any atom is -0.482 e. The first-order valence-corrected chi connectivity index (χ1v) is 26.5. The Kier molecular flexibility index (Phi) is 27.0. The zero-order chi connectivity index (χ0) is 54.8. The molecule has 0 saturated heterocycles. The number of benzene rings is 3. The second-order valence-corrected chi connectivity index (χ2v) is 18.6. The quantitative estimate of drug-likeness (QED) is 0.118. The van der Waals surface area contributed by atoms with Crippen LogP contribution in [0.1, 0.15) is 0 Å². The molecule has 0 N–H and O–H groups in total. The molecule has 0 spiro atoms. The van der Waals surface area contributed by atoms with E-state index >= 15 is 0 Å². The molecular formula is C61H43Ir5N16O2S2-5. The number of nitrogens with zero attached hydrogens (tertiary/aromatic N) is 16. The normalized spacial score (nSPS) is 9.92. The van der Waals surface area contributed by atoms with Crippen molar-refractivity contribution < 1.29 is 109 Å². The first-order chi connectivity index (χ1) is 40.1. The fourth-order valence-corrected chi connectivity index (χ4v) is 9.11. The number of oxazole rings is 2. The Morgan fingerprint density at radius 3 is 1.66 bits per heavy atom. The third-order valence-corrected chi connectivity index (χ3v) is 13.1. The molecule has 0 unspecified atom stereocenters. The van der Waals surface area contributed by atoms with Crippen LogP contribution < -0.4 is 0 Å². The van der Waals surface area contributed by atoms with Crippen LogP contribution in [0.2, 0.25) is 0 Å². The van der Waals surface area contributed by atoms with Crippen molar-refractivity contribution in [2.75, 3.05) is 0 Å². The molecule has 0 amide bonds. The summed E-state index contributed by atoms with van der Waals surface area (Å²) in [4.78, 5) is 41.4. The van der Waals surface area contributed by atoms with Gasteiger partial charge in [-0.1, -0.05) is 151 Å². The number of imidazole rings is 4.